The van der Waals surface area contributed by atoms with Gasteiger partial charge in [0.05, 0.1) is 4.91 Å². The minimum Gasteiger partial charge on any atom is -0.356 e. The maximum atomic E-state index is 12.8. The molecule has 1 saturated heterocycles. The van der Waals surface area contributed by atoms with Gasteiger partial charge in [-0.05, 0) is 76.7 Å². The first kappa shape index (κ1) is 26.8. The zero-order valence-electron chi connectivity index (χ0n) is 21.3. The van der Waals surface area contributed by atoms with E-state index in [1.165, 1.54) is 31.2 Å². The number of amides is 2. The van der Waals surface area contributed by atoms with Crippen LogP contribution < -0.4 is 10.6 Å². The van der Waals surface area contributed by atoms with Crippen molar-refractivity contribution in [3.63, 3.8) is 0 Å². The molecule has 1 aliphatic heterocycles. The summed E-state index contributed by atoms with van der Waals surface area (Å²) < 4.78 is 0. The number of nitrogens with zero attached hydrogens (tertiary/aromatic N) is 1. The second-order valence-electron chi connectivity index (χ2n) is 9.86. The zero-order valence-corrected chi connectivity index (χ0v) is 22.1. The monoisotopic (exact) mass is 485 g/mol. The smallest absolute Gasteiger partial charge is 0.257 e. The molecule has 3 atom stereocenters. The van der Waals surface area contributed by atoms with Crippen LogP contribution in [0, 0.1) is 12.8 Å². The van der Waals surface area contributed by atoms with Gasteiger partial charge in [-0.3, -0.25) is 9.59 Å². The number of carbonyl (C=O) groups excluding carboxylic acids is 2. The lowest BCUT2D eigenvalue weighted by Crippen LogP contribution is -2.51. The van der Waals surface area contributed by atoms with Crippen molar-refractivity contribution < 1.29 is 9.59 Å². The quantitative estimate of drug-likeness (QED) is 0.318. The minimum absolute atomic E-state index is 0.000985. The Morgan fingerprint density at radius 2 is 1.76 bits per heavy atom. The summed E-state index contributed by atoms with van der Waals surface area (Å²) in [5.41, 5.74) is 2.27. The Morgan fingerprint density at radius 1 is 1.09 bits per heavy atom. The van der Waals surface area contributed by atoms with Gasteiger partial charge in [-0.25, -0.2) is 0 Å². The fourth-order valence-electron chi connectivity index (χ4n) is 4.80. The summed E-state index contributed by atoms with van der Waals surface area (Å²) in [7, 11) is 0. The lowest BCUT2D eigenvalue weighted by molar-refractivity contribution is -0.127. The molecule has 1 aromatic rings. The number of carbonyl (C=O) groups is 2. The first-order valence-corrected chi connectivity index (χ1v) is 14.1. The lowest BCUT2D eigenvalue weighted by Gasteiger charge is -2.39. The number of nitrogens with one attached hydrogen (secondary N) is 2. The zero-order chi connectivity index (χ0) is 24.3. The fourth-order valence-corrected chi connectivity index (χ4v) is 6.09. The van der Waals surface area contributed by atoms with Crippen LogP contribution in [0.3, 0.4) is 0 Å². The molecule has 2 N–H and O–H groups in total. The highest BCUT2D eigenvalue weighted by Crippen LogP contribution is 2.39. The third-order valence-electron chi connectivity index (χ3n) is 6.96. The van der Waals surface area contributed by atoms with Crippen LogP contribution in [0.4, 0.5) is 0 Å². The SMILES string of the molecule is CCCCN(CCCC)CCCNC(=O)C1CCC2S/C(=C/c3ccc(C)cc3)C(=O)NC2C1. The maximum Gasteiger partial charge on any atom is 0.257 e. The molecule has 188 valence electrons. The number of hydrogen-bond donors (Lipinski definition) is 2. The number of aryl methyl sites for hydroxylation is 1. The summed E-state index contributed by atoms with van der Waals surface area (Å²) in [4.78, 5) is 28.9. The molecule has 0 bridgehead atoms. The van der Waals surface area contributed by atoms with Crippen molar-refractivity contribution >= 4 is 29.7 Å². The van der Waals surface area contributed by atoms with Crippen LogP contribution in [0.5, 0.6) is 0 Å². The minimum atomic E-state index is -0.00728. The van der Waals surface area contributed by atoms with Gasteiger partial charge in [0.1, 0.15) is 0 Å². The summed E-state index contributed by atoms with van der Waals surface area (Å²) in [5, 5.41) is 6.72. The number of unbranched alkanes of at least 4 members (excludes halogenated alkanes) is 2. The predicted molar refractivity (Wildman–Crippen MR) is 144 cm³/mol. The van der Waals surface area contributed by atoms with Crippen molar-refractivity contribution in [3.8, 4) is 0 Å². The second-order valence-corrected chi connectivity index (χ2v) is 11.1. The Balaban J connectivity index is 1.43. The highest BCUT2D eigenvalue weighted by molar-refractivity contribution is 8.04. The lowest BCUT2D eigenvalue weighted by atomic mass is 9.84. The molecule has 3 rings (SSSR count). The van der Waals surface area contributed by atoms with E-state index >= 15 is 0 Å². The molecule has 1 saturated carbocycles. The summed E-state index contributed by atoms with van der Waals surface area (Å²) in [6.07, 6.45) is 10.5. The average molecular weight is 486 g/mol. The Bertz CT molecular complexity index is 815. The van der Waals surface area contributed by atoms with Gasteiger partial charge in [-0.15, -0.1) is 11.8 Å². The van der Waals surface area contributed by atoms with E-state index in [2.05, 4.69) is 60.6 Å². The molecule has 0 aromatic heterocycles. The van der Waals surface area contributed by atoms with Crippen LogP contribution in [0.25, 0.3) is 6.08 Å². The average Bonchev–Trinajstić information content (AvgIpc) is 2.84. The number of benzene rings is 1. The van der Waals surface area contributed by atoms with Gasteiger partial charge < -0.3 is 15.5 Å². The van der Waals surface area contributed by atoms with Crippen molar-refractivity contribution in [2.24, 2.45) is 5.92 Å². The fraction of sp³-hybridized carbons (Fsp3) is 0.643. The van der Waals surface area contributed by atoms with E-state index in [4.69, 9.17) is 0 Å². The molecule has 3 unspecified atom stereocenters. The van der Waals surface area contributed by atoms with Crippen LogP contribution in [-0.2, 0) is 9.59 Å². The topological polar surface area (TPSA) is 61.4 Å². The molecular weight excluding hydrogens is 442 g/mol. The highest BCUT2D eigenvalue weighted by atomic mass is 32.2. The van der Waals surface area contributed by atoms with Gasteiger partial charge in [0, 0.05) is 23.8 Å². The number of hydrogen-bond acceptors (Lipinski definition) is 4. The van der Waals surface area contributed by atoms with Gasteiger partial charge >= 0.3 is 0 Å². The van der Waals surface area contributed by atoms with Crippen LogP contribution >= 0.6 is 11.8 Å². The van der Waals surface area contributed by atoms with E-state index in [1.807, 2.05) is 6.08 Å². The normalized spacial score (nSPS) is 23.6. The van der Waals surface area contributed by atoms with Gasteiger partial charge in [-0.1, -0.05) is 56.5 Å². The van der Waals surface area contributed by atoms with Crippen molar-refractivity contribution in [1.82, 2.24) is 15.5 Å². The first-order chi connectivity index (χ1) is 16.5. The molecule has 1 heterocycles. The molecule has 2 fully saturated rings. The van der Waals surface area contributed by atoms with Crippen molar-refractivity contribution in [2.75, 3.05) is 26.2 Å². The largest absolute Gasteiger partial charge is 0.356 e. The molecule has 1 aliphatic carbocycles. The van der Waals surface area contributed by atoms with E-state index in [9.17, 15) is 9.59 Å². The second kappa shape index (κ2) is 13.9. The Hall–Kier alpha value is -1.79. The van der Waals surface area contributed by atoms with Crippen molar-refractivity contribution in [1.29, 1.82) is 0 Å². The first-order valence-electron chi connectivity index (χ1n) is 13.3. The number of thioether (sulfide) groups is 1. The molecular formula is C28H43N3O2S. The Morgan fingerprint density at radius 3 is 2.44 bits per heavy atom. The van der Waals surface area contributed by atoms with E-state index in [-0.39, 0.29) is 23.8 Å². The molecule has 2 amide bonds. The number of fused-ring (bicyclic) bond motifs is 1. The molecule has 1 aromatic carbocycles. The molecule has 6 heteroatoms. The van der Waals surface area contributed by atoms with Crippen molar-refractivity contribution in [3.05, 3.63) is 40.3 Å². The van der Waals surface area contributed by atoms with Crippen LogP contribution in [0.2, 0.25) is 0 Å². The molecule has 34 heavy (non-hydrogen) atoms. The van der Waals surface area contributed by atoms with Crippen LogP contribution in [0.15, 0.2) is 29.2 Å². The Labute approximate surface area is 210 Å². The standard InChI is InChI=1S/C28H43N3O2S/c1-4-6-16-31(17-7-5-2)18-8-15-29-27(32)23-13-14-25-24(20-23)30-28(33)26(34-25)19-22-11-9-21(3)10-12-22/h9-12,19,23-25H,4-8,13-18,20H2,1-3H3,(H,29,32)(H,30,33)/b26-19+. The maximum absolute atomic E-state index is 12.8. The van der Waals surface area contributed by atoms with E-state index in [1.54, 1.807) is 11.8 Å². The highest BCUT2D eigenvalue weighted by Gasteiger charge is 2.39. The Kier molecular flexibility index (Phi) is 11.0. The number of rotatable bonds is 12. The third-order valence-corrected chi connectivity index (χ3v) is 8.38. The summed E-state index contributed by atoms with van der Waals surface area (Å²) >= 11 is 1.69. The predicted octanol–water partition coefficient (Wildman–Crippen LogP) is 5.14. The van der Waals surface area contributed by atoms with E-state index in [0.29, 0.717) is 5.25 Å². The van der Waals surface area contributed by atoms with Gasteiger partial charge in [0.25, 0.3) is 5.91 Å². The van der Waals surface area contributed by atoms with E-state index in [0.717, 1.165) is 62.3 Å². The van der Waals surface area contributed by atoms with Crippen LogP contribution in [0.1, 0.15) is 76.3 Å². The van der Waals surface area contributed by atoms with Crippen LogP contribution in [-0.4, -0.2) is 54.2 Å². The van der Waals surface area contributed by atoms with Gasteiger partial charge in [0.15, 0.2) is 0 Å². The molecule has 0 radical (unpaired) electrons. The summed E-state index contributed by atoms with van der Waals surface area (Å²) in [5.74, 6) is 0.153. The van der Waals surface area contributed by atoms with E-state index < -0.39 is 0 Å². The van der Waals surface area contributed by atoms with Gasteiger partial charge in [0.2, 0.25) is 5.91 Å². The molecule has 0 spiro atoms. The summed E-state index contributed by atoms with van der Waals surface area (Å²) in [6, 6.07) is 8.32. The van der Waals surface area contributed by atoms with Gasteiger partial charge in [-0.2, -0.15) is 0 Å². The molecule has 5 nitrogen and oxygen atoms in total. The summed E-state index contributed by atoms with van der Waals surface area (Å²) in [6.45, 7) is 10.7. The molecule has 2 aliphatic rings. The van der Waals surface area contributed by atoms with Crippen molar-refractivity contribution in [2.45, 2.75) is 83.4 Å². The third kappa shape index (κ3) is 8.16.